The Morgan fingerprint density at radius 1 is 0.919 bits per heavy atom. The number of carbonyl (C=O) groups excluding carboxylic acids is 3. The van der Waals surface area contributed by atoms with Crippen molar-refractivity contribution in [2.75, 3.05) is 17.1 Å². The lowest BCUT2D eigenvalue weighted by molar-refractivity contribution is 0.0937. The predicted molar refractivity (Wildman–Crippen MR) is 137 cm³/mol. The summed E-state index contributed by atoms with van der Waals surface area (Å²) < 4.78 is 45.0. The number of anilines is 2. The van der Waals surface area contributed by atoms with Gasteiger partial charge in [-0.3, -0.25) is 19.6 Å². The minimum atomic E-state index is -3.94. The van der Waals surface area contributed by atoms with Crippen LogP contribution in [0, 0.1) is 5.82 Å². The highest BCUT2D eigenvalue weighted by atomic mass is 32.2. The molecular weight excluding hydrogens is 521 g/mol. The van der Waals surface area contributed by atoms with Crippen LogP contribution < -0.4 is 15.4 Å². The molecule has 0 saturated carbocycles. The van der Waals surface area contributed by atoms with Crippen LogP contribution in [0.1, 0.15) is 50.4 Å². The van der Waals surface area contributed by atoms with Gasteiger partial charge in [0.2, 0.25) is 0 Å². The number of benzene rings is 2. The molecule has 1 aliphatic rings. The molecule has 9 nitrogen and oxygen atoms in total. The molecule has 0 fully saturated rings. The first kappa shape index (κ1) is 26.3. The highest BCUT2D eigenvalue weighted by Crippen LogP contribution is 2.37. The van der Waals surface area contributed by atoms with Crippen LogP contribution in [0.15, 0.2) is 53.4 Å². The van der Waals surface area contributed by atoms with E-state index in [1.165, 1.54) is 35.6 Å². The van der Waals surface area contributed by atoms with E-state index >= 15 is 0 Å². The zero-order valence-electron chi connectivity index (χ0n) is 19.8. The number of ether oxygens (including phenoxy) is 1. The Hall–Kier alpha value is -3.77. The number of fused-ring (bicyclic) bond motifs is 1. The van der Waals surface area contributed by atoms with E-state index in [1.54, 1.807) is 0 Å². The van der Waals surface area contributed by atoms with E-state index in [2.05, 4.69) is 20.1 Å². The van der Waals surface area contributed by atoms with Crippen molar-refractivity contribution in [2.24, 2.45) is 0 Å². The second kappa shape index (κ2) is 11.1. The molecule has 0 unspecified atom stereocenters. The molecule has 12 heteroatoms. The Morgan fingerprint density at radius 2 is 1.59 bits per heavy atom. The van der Waals surface area contributed by atoms with Crippen molar-refractivity contribution in [3.63, 3.8) is 0 Å². The first-order chi connectivity index (χ1) is 17.7. The van der Waals surface area contributed by atoms with Gasteiger partial charge in [0, 0.05) is 16.1 Å². The lowest BCUT2D eigenvalue weighted by atomic mass is 10.0. The molecule has 0 bridgehead atoms. The lowest BCUT2D eigenvalue weighted by Gasteiger charge is -2.10. The van der Waals surface area contributed by atoms with Crippen molar-refractivity contribution in [3.8, 4) is 0 Å². The highest BCUT2D eigenvalue weighted by molar-refractivity contribution is 7.92. The molecule has 3 aromatic rings. The average Bonchev–Trinajstić information content (AvgIpc) is 3.04. The summed E-state index contributed by atoms with van der Waals surface area (Å²) in [5.41, 5.74) is 1.52. The third-order valence-corrected chi connectivity index (χ3v) is 8.40. The van der Waals surface area contributed by atoms with Gasteiger partial charge in [0.05, 0.1) is 17.6 Å². The monoisotopic (exact) mass is 545 g/mol. The Morgan fingerprint density at radius 3 is 2.27 bits per heavy atom. The lowest BCUT2D eigenvalue weighted by Crippen LogP contribution is -2.31. The number of hydrogen-bond donors (Lipinski definition) is 3. The second-order valence-corrected chi connectivity index (χ2v) is 11.1. The van der Waals surface area contributed by atoms with Crippen molar-refractivity contribution < 1.29 is 31.9 Å². The Balaban J connectivity index is 1.53. The van der Waals surface area contributed by atoms with Crippen molar-refractivity contribution in [2.45, 2.75) is 37.0 Å². The number of alkyl carbamates (subject to hydrolysis) is 1. The summed E-state index contributed by atoms with van der Waals surface area (Å²) in [6.07, 6.45) is 3.43. The fraction of sp³-hybridized carbons (Fsp3) is 0.240. The second-order valence-electron chi connectivity index (χ2n) is 8.31. The maximum atomic E-state index is 13.1. The van der Waals surface area contributed by atoms with Crippen molar-refractivity contribution >= 4 is 50.0 Å². The number of carbonyl (C=O) groups is 3. The maximum Gasteiger partial charge on any atom is 0.413 e. The summed E-state index contributed by atoms with van der Waals surface area (Å²) in [6.45, 7) is 0. The molecule has 1 aromatic heterocycles. The topological polar surface area (TPSA) is 131 Å². The number of aryl methyl sites for hydroxylation is 1. The molecule has 0 radical (unpaired) electrons. The maximum absolute atomic E-state index is 13.1. The molecule has 1 aliphatic carbocycles. The highest BCUT2D eigenvalue weighted by Gasteiger charge is 2.27. The number of hydrogen-bond acceptors (Lipinski definition) is 7. The van der Waals surface area contributed by atoms with Gasteiger partial charge in [0.15, 0.2) is 0 Å². The first-order valence-electron chi connectivity index (χ1n) is 11.4. The quantitative estimate of drug-likeness (QED) is 0.385. The standard InChI is InChI=1S/C25H24FN3O6S2/c1-35-25(32)28-23(31)21-19-5-3-2-4-6-20(19)36-24(21)27-22(30)15-7-11-17(12-8-15)29-37(33,34)18-13-9-16(26)10-14-18/h7-14,29H,2-6H2,1H3,(H,27,30)(H,28,31,32). The van der Waals surface area contributed by atoms with Crippen LogP contribution >= 0.6 is 11.3 Å². The van der Waals surface area contributed by atoms with Gasteiger partial charge in [-0.15, -0.1) is 11.3 Å². The fourth-order valence-electron chi connectivity index (χ4n) is 3.97. The van der Waals surface area contributed by atoms with Crippen molar-refractivity contribution in [3.05, 3.63) is 75.9 Å². The number of thiophene rings is 1. The van der Waals surface area contributed by atoms with Gasteiger partial charge in [0.25, 0.3) is 21.8 Å². The number of imide groups is 1. The number of methoxy groups -OCH3 is 1. The SMILES string of the molecule is COC(=O)NC(=O)c1c(NC(=O)c2ccc(NS(=O)(=O)c3ccc(F)cc3)cc2)sc2c1CCCCC2. The van der Waals surface area contributed by atoms with Crippen molar-refractivity contribution in [1.82, 2.24) is 5.32 Å². The summed E-state index contributed by atoms with van der Waals surface area (Å²) in [6, 6.07) is 10.1. The summed E-state index contributed by atoms with van der Waals surface area (Å²) in [4.78, 5) is 38.4. The summed E-state index contributed by atoms with van der Waals surface area (Å²) in [5.74, 6) is -1.70. The summed E-state index contributed by atoms with van der Waals surface area (Å²) >= 11 is 1.31. The van der Waals surface area contributed by atoms with E-state index in [0.29, 0.717) is 11.4 Å². The predicted octanol–water partition coefficient (Wildman–Crippen LogP) is 4.71. The fourth-order valence-corrected chi connectivity index (χ4v) is 6.31. The Bertz CT molecular complexity index is 1430. The number of amides is 3. The summed E-state index contributed by atoms with van der Waals surface area (Å²) in [7, 11) is -2.79. The molecule has 0 spiro atoms. The number of rotatable bonds is 6. The van der Waals surface area contributed by atoms with Crippen LogP contribution in [0.2, 0.25) is 0 Å². The van der Waals surface area contributed by atoms with Crippen LogP contribution in [0.4, 0.5) is 19.9 Å². The Labute approximate surface area is 217 Å². The molecule has 2 aromatic carbocycles. The molecule has 37 heavy (non-hydrogen) atoms. The molecule has 3 amide bonds. The van der Waals surface area contributed by atoms with E-state index in [4.69, 9.17) is 0 Å². The van der Waals surface area contributed by atoms with Crippen LogP contribution in [0.5, 0.6) is 0 Å². The third kappa shape index (κ3) is 6.15. The normalized spacial score (nSPS) is 13.1. The molecular formula is C25H24FN3O6S2. The molecule has 0 saturated heterocycles. The molecule has 3 N–H and O–H groups in total. The van der Waals surface area contributed by atoms with Gasteiger partial charge in [0.1, 0.15) is 10.8 Å². The van der Waals surface area contributed by atoms with Crippen LogP contribution in [-0.4, -0.2) is 33.4 Å². The molecule has 4 rings (SSSR count). The minimum Gasteiger partial charge on any atom is -0.453 e. The van der Waals surface area contributed by atoms with E-state index in [0.717, 1.165) is 67.5 Å². The molecule has 1 heterocycles. The summed E-state index contributed by atoms with van der Waals surface area (Å²) in [5, 5.41) is 5.27. The smallest absolute Gasteiger partial charge is 0.413 e. The average molecular weight is 546 g/mol. The van der Waals surface area contributed by atoms with Crippen LogP contribution in [0.25, 0.3) is 0 Å². The van der Waals surface area contributed by atoms with Gasteiger partial charge >= 0.3 is 6.09 Å². The minimum absolute atomic E-state index is 0.106. The number of halogens is 1. The van der Waals surface area contributed by atoms with Crippen LogP contribution in [0.3, 0.4) is 0 Å². The van der Waals surface area contributed by atoms with Gasteiger partial charge < -0.3 is 10.1 Å². The van der Waals surface area contributed by atoms with Crippen molar-refractivity contribution in [1.29, 1.82) is 0 Å². The Kier molecular flexibility index (Phi) is 7.89. The van der Waals surface area contributed by atoms with E-state index in [-0.39, 0.29) is 21.7 Å². The third-order valence-electron chi connectivity index (χ3n) is 5.80. The molecule has 0 atom stereocenters. The first-order valence-corrected chi connectivity index (χ1v) is 13.7. The van der Waals surface area contributed by atoms with Gasteiger partial charge in [-0.1, -0.05) is 6.42 Å². The van der Waals surface area contributed by atoms with Gasteiger partial charge in [-0.2, -0.15) is 0 Å². The van der Waals surface area contributed by atoms with Gasteiger partial charge in [-0.05, 0) is 79.8 Å². The number of sulfonamides is 1. The molecule has 194 valence electrons. The van der Waals surface area contributed by atoms with E-state index in [9.17, 15) is 27.2 Å². The number of nitrogens with one attached hydrogen (secondary N) is 3. The van der Waals surface area contributed by atoms with Gasteiger partial charge in [-0.25, -0.2) is 17.6 Å². The van der Waals surface area contributed by atoms with E-state index in [1.807, 2.05) is 0 Å². The zero-order valence-corrected chi connectivity index (χ0v) is 21.4. The molecule has 0 aliphatic heterocycles. The zero-order chi connectivity index (χ0) is 26.6. The van der Waals surface area contributed by atoms with E-state index < -0.39 is 33.7 Å². The largest absolute Gasteiger partial charge is 0.453 e. The van der Waals surface area contributed by atoms with Crippen LogP contribution in [-0.2, 0) is 27.6 Å².